The van der Waals surface area contributed by atoms with Crippen molar-refractivity contribution in [3.8, 4) is 0 Å². The third-order valence-electron chi connectivity index (χ3n) is 12.9. The summed E-state index contributed by atoms with van der Waals surface area (Å²) >= 11 is 0. The number of rotatable bonds is 5. The van der Waals surface area contributed by atoms with Gasteiger partial charge in [-0.2, -0.15) is 0 Å². The highest BCUT2D eigenvalue weighted by Gasteiger charge is 2.56. The second kappa shape index (κ2) is 19.8. The number of allylic oxidation sites excluding steroid dienone is 3. The summed E-state index contributed by atoms with van der Waals surface area (Å²) in [4.78, 5) is 57.5. The number of nitrogens with zero attached hydrogens (tertiary/aromatic N) is 1. The Morgan fingerprint density at radius 3 is 2.27 bits per heavy atom. The molecule has 1 aliphatic carbocycles. The first-order chi connectivity index (χ1) is 25.9. The molecule has 55 heavy (non-hydrogen) atoms. The van der Waals surface area contributed by atoms with Crippen molar-refractivity contribution < 1.29 is 53.4 Å². The number of esters is 1. The molecule has 0 radical (unpaired) electrons. The maximum absolute atomic E-state index is 14.3. The van der Waals surface area contributed by atoms with Crippen LogP contribution in [0.2, 0.25) is 0 Å². The minimum Gasteiger partial charge on any atom is -0.456 e. The number of methoxy groups -OCH3 is 2. The van der Waals surface area contributed by atoms with E-state index >= 15 is 0 Å². The van der Waals surface area contributed by atoms with E-state index in [2.05, 4.69) is 13.8 Å². The third kappa shape index (κ3) is 10.7. The van der Waals surface area contributed by atoms with Gasteiger partial charge in [0.25, 0.3) is 11.7 Å². The van der Waals surface area contributed by atoms with E-state index in [0.29, 0.717) is 62.5 Å². The van der Waals surface area contributed by atoms with E-state index in [1.807, 2.05) is 32.9 Å². The normalized spacial score (nSPS) is 41.2. The second-order valence-electron chi connectivity index (χ2n) is 17.3. The van der Waals surface area contributed by atoms with Crippen molar-refractivity contribution in [2.24, 2.45) is 35.5 Å². The lowest BCUT2D eigenvalue weighted by atomic mass is 9.79. The molecule has 0 aromatic rings. The molecule has 4 aliphatic rings. The van der Waals surface area contributed by atoms with E-state index in [1.165, 1.54) is 4.90 Å². The van der Waals surface area contributed by atoms with E-state index in [0.717, 1.165) is 6.42 Å². The van der Waals surface area contributed by atoms with Gasteiger partial charge in [0, 0.05) is 39.0 Å². The molecule has 9 unspecified atom stereocenters. The number of hydrogen-bond donors (Lipinski definition) is 3. The van der Waals surface area contributed by atoms with Crippen molar-refractivity contribution in [3.63, 3.8) is 0 Å². The summed E-state index contributed by atoms with van der Waals surface area (Å²) in [5, 5.41) is 34.0. The Morgan fingerprint density at radius 2 is 1.62 bits per heavy atom. The van der Waals surface area contributed by atoms with Gasteiger partial charge in [0.2, 0.25) is 5.79 Å². The van der Waals surface area contributed by atoms with Crippen molar-refractivity contribution in [2.45, 2.75) is 168 Å². The van der Waals surface area contributed by atoms with E-state index in [-0.39, 0.29) is 54.9 Å². The lowest BCUT2D eigenvalue weighted by Crippen LogP contribution is -2.63. The predicted octanol–water partition coefficient (Wildman–Crippen LogP) is 5.09. The molecule has 3 heterocycles. The van der Waals surface area contributed by atoms with E-state index in [4.69, 9.17) is 18.9 Å². The number of fused-ring (bicyclic) bond motifs is 3. The number of Topliss-reactive ketones (excluding diaryl/α,β-unsaturated/α-hetero) is 2. The summed E-state index contributed by atoms with van der Waals surface area (Å²) in [6, 6.07) is -1.11. The van der Waals surface area contributed by atoms with E-state index < -0.39 is 71.8 Å². The van der Waals surface area contributed by atoms with Crippen molar-refractivity contribution in [1.82, 2.24) is 4.90 Å². The summed E-state index contributed by atoms with van der Waals surface area (Å²) in [5.41, 5.74) is 1.31. The smallest absolute Gasteiger partial charge is 0.329 e. The van der Waals surface area contributed by atoms with Crippen LogP contribution in [0.5, 0.6) is 0 Å². The Kier molecular flexibility index (Phi) is 16.3. The molecular formula is C43H69NO11. The van der Waals surface area contributed by atoms with Gasteiger partial charge in [0.1, 0.15) is 12.1 Å². The fourth-order valence-corrected chi connectivity index (χ4v) is 9.60. The van der Waals surface area contributed by atoms with Crippen molar-refractivity contribution in [3.05, 3.63) is 23.3 Å². The molecule has 1 saturated carbocycles. The molecule has 2 bridgehead atoms. The first kappa shape index (κ1) is 45.2. The number of aliphatic hydroxyl groups is 3. The number of hydrogen-bond acceptors (Lipinski definition) is 11. The fraction of sp³-hybridized carbons (Fsp3) is 0.814. The topological polar surface area (TPSA) is 169 Å². The Morgan fingerprint density at radius 1 is 0.927 bits per heavy atom. The number of amides is 1. The number of carbonyl (C=O) groups is 4. The summed E-state index contributed by atoms with van der Waals surface area (Å²) < 4.78 is 23.9. The molecule has 312 valence electrons. The van der Waals surface area contributed by atoms with Crippen LogP contribution in [0.15, 0.2) is 23.3 Å². The maximum atomic E-state index is 14.3. The van der Waals surface area contributed by atoms with Crippen LogP contribution in [0, 0.1) is 35.5 Å². The average molecular weight is 776 g/mol. The van der Waals surface area contributed by atoms with E-state index in [1.54, 1.807) is 28.1 Å². The predicted molar refractivity (Wildman–Crippen MR) is 206 cm³/mol. The minimum absolute atomic E-state index is 0.00882. The standard InChI is InChI=1S/C43H69NO11/c1-10-31-19-25(3)17-24(2)18-26(4)39-37(53-9)21-28(6)43(51,55-39)40(48)41(49)44-16-12-11-13-32(44)42(50)54-38(29(7)34(46)23-35(31)47)27(5)20-30-14-15-33(45)36(22-30)52-8/h19-20,24-26,28-30,32-34,36-39,45-46,51H,10-18,21-23H2,1-9H3/t24-,25?,26-,28+,29+,30-,32?,33?,34?,36?,37?,38?,39?,43?/m0/s1. The van der Waals surface area contributed by atoms with Crippen LogP contribution in [-0.2, 0) is 38.1 Å². The zero-order valence-corrected chi connectivity index (χ0v) is 34.7. The first-order valence-electron chi connectivity index (χ1n) is 20.7. The molecular weight excluding hydrogens is 706 g/mol. The highest BCUT2D eigenvalue weighted by atomic mass is 16.7. The van der Waals surface area contributed by atoms with Gasteiger partial charge in [-0.25, -0.2) is 4.79 Å². The molecule has 3 N–H and O–H groups in total. The molecule has 3 aliphatic heterocycles. The largest absolute Gasteiger partial charge is 0.456 e. The van der Waals surface area contributed by atoms with Gasteiger partial charge in [-0.1, -0.05) is 53.7 Å². The van der Waals surface area contributed by atoms with Gasteiger partial charge >= 0.3 is 5.97 Å². The highest BCUT2D eigenvalue weighted by Crippen LogP contribution is 2.40. The molecule has 0 aromatic heterocycles. The average Bonchev–Trinajstić information content (AvgIpc) is 3.15. The SMILES string of the molecule is CCC1=CC(C)C[C@H](C)C[C@H](C)C2OC(O)(C(=O)C(=O)N3CCCCC3C(=O)OC(C(C)=C[C@@H]3CCC(O)C(OC)C3)[C@H](C)C(O)CC1=O)[C@H](C)CC2OC. The number of ether oxygens (including phenoxy) is 4. The van der Waals surface area contributed by atoms with Crippen LogP contribution in [0.1, 0.15) is 119 Å². The summed E-state index contributed by atoms with van der Waals surface area (Å²) in [6.07, 6.45) is 5.18. The van der Waals surface area contributed by atoms with E-state index in [9.17, 15) is 34.5 Å². The Balaban J connectivity index is 1.75. The molecule has 12 nitrogen and oxygen atoms in total. The number of aliphatic hydroxyl groups excluding tert-OH is 2. The summed E-state index contributed by atoms with van der Waals surface area (Å²) in [7, 11) is 3.14. The zero-order chi connectivity index (χ0) is 40.8. The maximum Gasteiger partial charge on any atom is 0.329 e. The van der Waals surface area contributed by atoms with Crippen LogP contribution in [-0.4, -0.2) is 113 Å². The number of piperidine rings is 1. The van der Waals surface area contributed by atoms with Gasteiger partial charge in [-0.3, -0.25) is 14.4 Å². The van der Waals surface area contributed by atoms with Crippen LogP contribution in [0.25, 0.3) is 0 Å². The van der Waals surface area contributed by atoms with Gasteiger partial charge in [0.05, 0.1) is 30.5 Å². The highest BCUT2D eigenvalue weighted by molar-refractivity contribution is 6.39. The lowest BCUT2D eigenvalue weighted by molar-refractivity contribution is -0.294. The zero-order valence-electron chi connectivity index (χ0n) is 34.7. The Labute approximate surface area is 328 Å². The number of ketones is 2. The second-order valence-corrected chi connectivity index (χ2v) is 17.3. The Bertz CT molecular complexity index is 1410. The molecule has 2 saturated heterocycles. The van der Waals surface area contributed by atoms with Crippen molar-refractivity contribution in [1.29, 1.82) is 0 Å². The number of cyclic esters (lactones) is 1. The molecule has 0 spiro atoms. The molecule has 0 aromatic carbocycles. The van der Waals surface area contributed by atoms with Crippen LogP contribution >= 0.6 is 0 Å². The van der Waals surface area contributed by atoms with Crippen LogP contribution < -0.4 is 0 Å². The van der Waals surface area contributed by atoms with Gasteiger partial charge in [0.15, 0.2) is 5.78 Å². The quantitative estimate of drug-likeness (QED) is 0.193. The molecule has 14 atom stereocenters. The summed E-state index contributed by atoms with van der Waals surface area (Å²) in [6.45, 7) is 13.5. The minimum atomic E-state index is -2.42. The fourth-order valence-electron chi connectivity index (χ4n) is 9.60. The Hall–Kier alpha value is -2.48. The monoisotopic (exact) mass is 775 g/mol. The van der Waals surface area contributed by atoms with Crippen LogP contribution in [0.3, 0.4) is 0 Å². The van der Waals surface area contributed by atoms with Gasteiger partial charge in [-0.15, -0.1) is 0 Å². The third-order valence-corrected chi connectivity index (χ3v) is 12.9. The van der Waals surface area contributed by atoms with Gasteiger partial charge in [-0.05, 0) is 106 Å². The lowest BCUT2D eigenvalue weighted by Gasteiger charge is -2.47. The molecule has 4 rings (SSSR count). The molecule has 1 amide bonds. The van der Waals surface area contributed by atoms with Crippen molar-refractivity contribution >= 4 is 23.4 Å². The first-order valence-corrected chi connectivity index (χ1v) is 20.7. The summed E-state index contributed by atoms with van der Waals surface area (Å²) in [5.74, 6) is -6.80. The van der Waals surface area contributed by atoms with Crippen molar-refractivity contribution in [2.75, 3.05) is 20.8 Å². The van der Waals surface area contributed by atoms with Crippen LogP contribution in [0.4, 0.5) is 0 Å². The molecule has 3 fully saturated rings. The van der Waals surface area contributed by atoms with Gasteiger partial charge < -0.3 is 39.2 Å². The number of carbonyl (C=O) groups excluding carboxylic acids is 4. The molecule has 12 heteroatoms.